The van der Waals surface area contributed by atoms with Crippen molar-refractivity contribution in [2.24, 2.45) is 0 Å². The SMILES string of the molecule is In1cc(C2=CCNCC2)c2ccccc21. The van der Waals surface area contributed by atoms with Crippen LogP contribution in [-0.4, -0.2) is 15.9 Å². The number of aromatic nitrogens is 1. The van der Waals surface area contributed by atoms with E-state index in [1.807, 2.05) is 0 Å². The first-order valence-electron chi connectivity index (χ1n) is 5.52. The van der Waals surface area contributed by atoms with E-state index in [0.29, 0.717) is 0 Å². The van der Waals surface area contributed by atoms with Crippen LogP contribution < -0.4 is 5.32 Å². The third-order valence-electron chi connectivity index (χ3n) is 3.08. The Morgan fingerprint density at radius 1 is 1.25 bits per heavy atom. The van der Waals surface area contributed by atoms with Crippen molar-refractivity contribution in [3.05, 3.63) is 42.1 Å². The number of halogens is 1. The van der Waals surface area contributed by atoms with Crippen LogP contribution in [0.2, 0.25) is 0 Å². The van der Waals surface area contributed by atoms with Gasteiger partial charge in [-0.3, -0.25) is 2.78 Å². The first-order valence-corrected chi connectivity index (χ1v) is 6.49. The molecule has 0 saturated heterocycles. The maximum Gasteiger partial charge on any atom is 0.0640 e. The Balaban J connectivity index is 2.20. The van der Waals surface area contributed by atoms with E-state index in [0.717, 1.165) is 19.5 Å². The van der Waals surface area contributed by atoms with E-state index in [9.17, 15) is 0 Å². The average Bonchev–Trinajstić information content (AvgIpc) is 2.69. The highest BCUT2D eigenvalue weighted by atomic mass is 127. The van der Waals surface area contributed by atoms with E-state index in [1.54, 1.807) is 0 Å². The lowest BCUT2D eigenvalue weighted by atomic mass is 10.00. The van der Waals surface area contributed by atoms with Crippen molar-refractivity contribution in [1.82, 2.24) is 8.10 Å². The van der Waals surface area contributed by atoms with E-state index in [2.05, 4.69) is 67.5 Å². The first kappa shape index (κ1) is 10.4. The Morgan fingerprint density at radius 2 is 2.12 bits per heavy atom. The summed E-state index contributed by atoms with van der Waals surface area (Å²) >= 11 is 2.35. The number of hydrogen-bond acceptors (Lipinski definition) is 1. The molecule has 0 radical (unpaired) electrons. The highest BCUT2D eigenvalue weighted by Gasteiger charge is 2.12. The van der Waals surface area contributed by atoms with Gasteiger partial charge in [-0.05, 0) is 24.6 Å². The minimum absolute atomic E-state index is 0.996. The molecule has 1 N–H and O–H groups in total. The third kappa shape index (κ3) is 1.68. The van der Waals surface area contributed by atoms with Crippen LogP contribution in [0.1, 0.15) is 12.0 Å². The summed E-state index contributed by atoms with van der Waals surface area (Å²) < 4.78 is 2.19. The van der Waals surface area contributed by atoms with Gasteiger partial charge in [-0.25, -0.2) is 0 Å². The summed E-state index contributed by atoms with van der Waals surface area (Å²) in [4.78, 5) is 0. The van der Waals surface area contributed by atoms with Crippen molar-refractivity contribution < 1.29 is 0 Å². The number of rotatable bonds is 1. The normalized spacial score (nSPS) is 16.4. The summed E-state index contributed by atoms with van der Waals surface area (Å²) in [5, 5.41) is 4.72. The van der Waals surface area contributed by atoms with E-state index < -0.39 is 0 Å². The molecule has 1 aliphatic heterocycles. The van der Waals surface area contributed by atoms with Gasteiger partial charge in [-0.2, -0.15) is 0 Å². The van der Waals surface area contributed by atoms with Crippen molar-refractivity contribution in [2.45, 2.75) is 6.42 Å². The highest BCUT2D eigenvalue weighted by molar-refractivity contribution is 14.1. The Morgan fingerprint density at radius 3 is 2.94 bits per heavy atom. The van der Waals surface area contributed by atoms with Crippen LogP contribution in [0, 0.1) is 0 Å². The fourth-order valence-corrected chi connectivity index (χ4v) is 2.96. The minimum Gasteiger partial charge on any atom is -0.313 e. The van der Waals surface area contributed by atoms with Gasteiger partial charge in [-0.15, -0.1) is 0 Å². The Kier molecular flexibility index (Phi) is 2.73. The van der Waals surface area contributed by atoms with Crippen LogP contribution in [-0.2, 0) is 0 Å². The van der Waals surface area contributed by atoms with Gasteiger partial charge in [0.1, 0.15) is 0 Å². The second kappa shape index (κ2) is 4.22. The van der Waals surface area contributed by atoms with E-state index >= 15 is 0 Å². The minimum atomic E-state index is 0.996. The van der Waals surface area contributed by atoms with Gasteiger partial charge >= 0.3 is 0 Å². The molecule has 0 unspecified atom stereocenters. The quantitative estimate of drug-likeness (QED) is 0.797. The van der Waals surface area contributed by atoms with Gasteiger partial charge < -0.3 is 5.32 Å². The van der Waals surface area contributed by atoms with Crippen molar-refractivity contribution in [2.75, 3.05) is 13.1 Å². The zero-order chi connectivity index (χ0) is 11.0. The molecular weight excluding hydrogens is 311 g/mol. The summed E-state index contributed by atoms with van der Waals surface area (Å²) in [6.07, 6.45) is 5.68. The predicted octanol–water partition coefficient (Wildman–Crippen LogP) is 3.22. The van der Waals surface area contributed by atoms with Crippen LogP contribution in [0.3, 0.4) is 0 Å². The van der Waals surface area contributed by atoms with E-state index in [4.69, 9.17) is 0 Å². The van der Waals surface area contributed by atoms with Crippen LogP contribution >= 0.6 is 22.9 Å². The van der Waals surface area contributed by atoms with Crippen LogP contribution in [0.4, 0.5) is 0 Å². The fourth-order valence-electron chi connectivity index (χ4n) is 2.26. The summed E-state index contributed by atoms with van der Waals surface area (Å²) in [7, 11) is 0. The number of benzene rings is 1. The lowest BCUT2D eigenvalue weighted by molar-refractivity contribution is 0.739. The second-order valence-corrected chi connectivity index (χ2v) is 5.09. The molecule has 0 aliphatic carbocycles. The van der Waals surface area contributed by atoms with E-state index in [1.165, 1.54) is 22.0 Å². The topological polar surface area (TPSA) is 17.0 Å². The molecule has 0 atom stereocenters. The smallest absolute Gasteiger partial charge is 0.0640 e. The second-order valence-electron chi connectivity index (χ2n) is 4.05. The van der Waals surface area contributed by atoms with Crippen LogP contribution in [0.25, 0.3) is 16.5 Å². The van der Waals surface area contributed by atoms with Crippen molar-refractivity contribution in [3.63, 3.8) is 0 Å². The summed E-state index contributed by atoms with van der Waals surface area (Å²) in [6.45, 7) is 2.09. The monoisotopic (exact) mass is 324 g/mol. The fraction of sp³-hybridized carbons (Fsp3) is 0.231. The molecule has 2 nitrogen and oxygen atoms in total. The Bertz CT molecular complexity index is 554. The maximum absolute atomic E-state index is 3.35. The maximum atomic E-state index is 3.35. The van der Waals surface area contributed by atoms with Gasteiger partial charge in [0, 0.05) is 23.7 Å². The molecule has 16 heavy (non-hydrogen) atoms. The molecule has 3 heteroatoms. The standard InChI is InChI=1S/C13H13IN2/c14-16-9-12(10-5-7-15-8-6-10)11-3-1-2-4-13(11)16/h1-5,9,15H,6-8H2. The predicted molar refractivity (Wildman–Crippen MR) is 76.8 cm³/mol. The number of nitrogens with one attached hydrogen (secondary N) is 1. The number of para-hydroxylation sites is 1. The summed E-state index contributed by atoms with van der Waals surface area (Å²) in [5.41, 5.74) is 4.18. The lowest BCUT2D eigenvalue weighted by Crippen LogP contribution is -2.19. The molecule has 2 heterocycles. The molecule has 0 fully saturated rings. The Labute approximate surface area is 109 Å². The van der Waals surface area contributed by atoms with Crippen molar-refractivity contribution in [1.29, 1.82) is 0 Å². The molecule has 0 bridgehead atoms. The van der Waals surface area contributed by atoms with Crippen molar-refractivity contribution >= 4 is 39.3 Å². The molecule has 3 rings (SSSR count). The molecule has 0 amide bonds. The molecule has 0 spiro atoms. The molecule has 0 saturated carbocycles. The van der Waals surface area contributed by atoms with Gasteiger partial charge in [0.15, 0.2) is 0 Å². The molecule has 1 aliphatic rings. The van der Waals surface area contributed by atoms with Gasteiger partial charge in [0.05, 0.1) is 28.4 Å². The van der Waals surface area contributed by atoms with Crippen molar-refractivity contribution in [3.8, 4) is 0 Å². The molecule has 82 valence electrons. The molecular formula is C13H13IN2. The first-order chi connectivity index (χ1) is 7.86. The van der Waals surface area contributed by atoms with E-state index in [-0.39, 0.29) is 0 Å². The van der Waals surface area contributed by atoms with Crippen LogP contribution in [0.15, 0.2) is 36.5 Å². The third-order valence-corrected chi connectivity index (χ3v) is 3.87. The summed E-state index contributed by atoms with van der Waals surface area (Å²) in [6, 6.07) is 8.60. The lowest BCUT2D eigenvalue weighted by Gasteiger charge is -2.13. The largest absolute Gasteiger partial charge is 0.313 e. The highest BCUT2D eigenvalue weighted by Crippen LogP contribution is 2.30. The number of fused-ring (bicyclic) bond motifs is 1. The Hall–Kier alpha value is -0.810. The molecule has 1 aromatic heterocycles. The number of hydrogen-bond donors (Lipinski definition) is 1. The van der Waals surface area contributed by atoms with Gasteiger partial charge in [-0.1, -0.05) is 24.3 Å². The zero-order valence-corrected chi connectivity index (χ0v) is 11.1. The summed E-state index contributed by atoms with van der Waals surface area (Å²) in [5.74, 6) is 0. The molecule has 1 aromatic carbocycles. The average molecular weight is 324 g/mol. The van der Waals surface area contributed by atoms with Crippen LogP contribution in [0.5, 0.6) is 0 Å². The van der Waals surface area contributed by atoms with Gasteiger partial charge in [0.25, 0.3) is 0 Å². The zero-order valence-electron chi connectivity index (χ0n) is 8.91. The molecule has 2 aromatic rings. The van der Waals surface area contributed by atoms with Gasteiger partial charge in [0.2, 0.25) is 0 Å². The number of nitrogens with zero attached hydrogens (tertiary/aromatic N) is 1.